The number of H-pyrrole nitrogens is 1. The molecule has 0 unspecified atom stereocenters. The molecule has 2 heterocycles. The highest BCUT2D eigenvalue weighted by atomic mass is 19.1. The maximum absolute atomic E-state index is 14.5. The molecule has 5 rings (SSSR count). The molecule has 1 aliphatic carbocycles. The van der Waals surface area contributed by atoms with E-state index >= 15 is 0 Å². The number of morpholine rings is 1. The van der Waals surface area contributed by atoms with Crippen LogP contribution in [0.3, 0.4) is 0 Å². The van der Waals surface area contributed by atoms with E-state index in [2.05, 4.69) is 15.2 Å². The standard InChI is InChI=1S/C25H26F3N3O2/c26-18-3-1-16(2-4-18)24-23(20-11-19(27)12-21(28)25(20)30-24)17-9-15(10-17)13-29-22(32)14-31-5-7-33-8-6-31/h1-4,11-12,15,17,30H,5-10,13-14H2,(H,29,32)/t15-,17+. The average molecular weight is 457 g/mol. The van der Waals surface area contributed by atoms with Crippen molar-refractivity contribution in [3.05, 3.63) is 59.4 Å². The number of nitrogens with one attached hydrogen (secondary N) is 2. The van der Waals surface area contributed by atoms with Gasteiger partial charge in [-0.3, -0.25) is 9.69 Å². The van der Waals surface area contributed by atoms with Crippen LogP contribution in [-0.4, -0.2) is 55.2 Å². The number of aromatic amines is 1. The fraction of sp³-hybridized carbons (Fsp3) is 0.400. The van der Waals surface area contributed by atoms with Crippen molar-refractivity contribution in [2.45, 2.75) is 18.8 Å². The summed E-state index contributed by atoms with van der Waals surface area (Å²) in [4.78, 5) is 17.5. The van der Waals surface area contributed by atoms with Crippen molar-refractivity contribution in [1.29, 1.82) is 0 Å². The largest absolute Gasteiger partial charge is 0.379 e. The summed E-state index contributed by atoms with van der Waals surface area (Å²) in [5.41, 5.74) is 2.53. The Morgan fingerprint density at radius 2 is 1.79 bits per heavy atom. The maximum Gasteiger partial charge on any atom is 0.234 e. The van der Waals surface area contributed by atoms with Gasteiger partial charge >= 0.3 is 0 Å². The van der Waals surface area contributed by atoms with E-state index in [0.29, 0.717) is 43.3 Å². The van der Waals surface area contributed by atoms with Crippen LogP contribution in [0.2, 0.25) is 0 Å². The van der Waals surface area contributed by atoms with Crippen LogP contribution in [0.5, 0.6) is 0 Å². The topological polar surface area (TPSA) is 57.4 Å². The van der Waals surface area contributed by atoms with E-state index in [9.17, 15) is 18.0 Å². The number of hydrogen-bond donors (Lipinski definition) is 2. The van der Waals surface area contributed by atoms with Gasteiger partial charge in [0.2, 0.25) is 5.91 Å². The summed E-state index contributed by atoms with van der Waals surface area (Å²) in [6, 6.07) is 8.21. The molecule has 1 aromatic heterocycles. The fourth-order valence-electron chi connectivity index (χ4n) is 4.92. The Balaban J connectivity index is 1.30. The van der Waals surface area contributed by atoms with Crippen molar-refractivity contribution in [3.8, 4) is 11.3 Å². The van der Waals surface area contributed by atoms with Gasteiger partial charge in [-0.15, -0.1) is 0 Å². The molecule has 2 fully saturated rings. The number of hydrogen-bond acceptors (Lipinski definition) is 3. The van der Waals surface area contributed by atoms with E-state index in [1.807, 2.05) is 0 Å². The Labute approximate surface area is 189 Å². The predicted molar refractivity (Wildman–Crippen MR) is 119 cm³/mol. The number of rotatable bonds is 6. The molecule has 0 atom stereocenters. The Kier molecular flexibility index (Phi) is 6.12. The molecular weight excluding hydrogens is 431 g/mol. The number of amides is 1. The summed E-state index contributed by atoms with van der Waals surface area (Å²) in [7, 11) is 0. The third-order valence-corrected chi connectivity index (χ3v) is 6.70. The second-order valence-electron chi connectivity index (χ2n) is 8.96. The molecule has 0 bridgehead atoms. The number of aromatic nitrogens is 1. The summed E-state index contributed by atoms with van der Waals surface area (Å²) >= 11 is 0. The van der Waals surface area contributed by atoms with Crippen LogP contribution < -0.4 is 5.32 Å². The van der Waals surface area contributed by atoms with Crippen LogP contribution in [0.25, 0.3) is 22.2 Å². The highest BCUT2D eigenvalue weighted by Gasteiger charge is 2.35. The zero-order valence-corrected chi connectivity index (χ0v) is 18.2. The number of ether oxygens (including phenoxy) is 1. The van der Waals surface area contributed by atoms with E-state index in [4.69, 9.17) is 4.74 Å². The quantitative estimate of drug-likeness (QED) is 0.584. The number of nitrogens with zero attached hydrogens (tertiary/aromatic N) is 1. The lowest BCUT2D eigenvalue weighted by Crippen LogP contribution is -2.44. The van der Waals surface area contributed by atoms with Crippen molar-refractivity contribution in [2.24, 2.45) is 5.92 Å². The molecule has 2 N–H and O–H groups in total. The van der Waals surface area contributed by atoms with Crippen molar-refractivity contribution in [1.82, 2.24) is 15.2 Å². The molecule has 5 nitrogen and oxygen atoms in total. The van der Waals surface area contributed by atoms with Crippen molar-refractivity contribution in [3.63, 3.8) is 0 Å². The fourth-order valence-corrected chi connectivity index (χ4v) is 4.92. The smallest absolute Gasteiger partial charge is 0.234 e. The summed E-state index contributed by atoms with van der Waals surface area (Å²) < 4.78 is 47.3. The molecule has 1 saturated heterocycles. The van der Waals surface area contributed by atoms with Crippen LogP contribution in [-0.2, 0) is 9.53 Å². The third kappa shape index (κ3) is 4.63. The molecule has 0 radical (unpaired) electrons. The first-order chi connectivity index (χ1) is 16.0. The molecule has 1 aliphatic heterocycles. The van der Waals surface area contributed by atoms with Crippen LogP contribution in [0, 0.1) is 23.4 Å². The highest BCUT2D eigenvalue weighted by Crippen LogP contribution is 2.48. The molecule has 8 heteroatoms. The van der Waals surface area contributed by atoms with Gasteiger partial charge in [0.1, 0.15) is 17.5 Å². The van der Waals surface area contributed by atoms with Gasteiger partial charge in [-0.1, -0.05) is 0 Å². The first-order valence-corrected chi connectivity index (χ1v) is 11.3. The van der Waals surface area contributed by atoms with Gasteiger partial charge in [-0.25, -0.2) is 13.2 Å². The predicted octanol–water partition coefficient (Wildman–Crippen LogP) is 4.19. The Hall–Kier alpha value is -2.84. The second-order valence-corrected chi connectivity index (χ2v) is 8.96. The summed E-state index contributed by atoms with van der Waals surface area (Å²) in [6.07, 6.45) is 1.61. The van der Waals surface area contributed by atoms with E-state index in [0.717, 1.165) is 43.1 Å². The maximum atomic E-state index is 14.5. The molecule has 174 valence electrons. The Morgan fingerprint density at radius 1 is 1.06 bits per heavy atom. The minimum atomic E-state index is -0.647. The third-order valence-electron chi connectivity index (χ3n) is 6.70. The van der Waals surface area contributed by atoms with Gasteiger partial charge in [0.15, 0.2) is 0 Å². The first kappa shape index (κ1) is 22.0. The summed E-state index contributed by atoms with van der Waals surface area (Å²) in [6.45, 7) is 3.78. The van der Waals surface area contributed by atoms with E-state index < -0.39 is 11.6 Å². The minimum absolute atomic E-state index is 0.00332. The van der Waals surface area contributed by atoms with Crippen molar-refractivity contribution < 1.29 is 22.7 Å². The Bertz CT molecular complexity index is 1150. The molecule has 0 spiro atoms. The lowest BCUT2D eigenvalue weighted by atomic mass is 9.70. The molecular formula is C25H26F3N3O2. The zero-order valence-electron chi connectivity index (χ0n) is 18.2. The SMILES string of the molecule is O=C(CN1CCOCC1)NC[C@H]1C[C@@H](c2c(-c3ccc(F)cc3)[nH]c3c(F)cc(F)cc32)C1. The monoisotopic (exact) mass is 457 g/mol. The number of halogens is 3. The van der Waals surface area contributed by atoms with Gasteiger partial charge in [0, 0.05) is 31.1 Å². The lowest BCUT2D eigenvalue weighted by molar-refractivity contribution is -0.123. The van der Waals surface area contributed by atoms with Gasteiger partial charge in [0.05, 0.1) is 31.0 Å². The van der Waals surface area contributed by atoms with Crippen molar-refractivity contribution >= 4 is 16.8 Å². The number of benzene rings is 2. The van der Waals surface area contributed by atoms with E-state index in [1.54, 1.807) is 12.1 Å². The summed E-state index contributed by atoms with van der Waals surface area (Å²) in [5.74, 6) is -1.23. The van der Waals surface area contributed by atoms with Crippen LogP contribution in [0.15, 0.2) is 36.4 Å². The molecule has 2 aliphatic rings. The van der Waals surface area contributed by atoms with Crippen LogP contribution in [0.4, 0.5) is 13.2 Å². The molecule has 1 saturated carbocycles. The van der Waals surface area contributed by atoms with Gasteiger partial charge in [-0.2, -0.15) is 0 Å². The number of carbonyl (C=O) groups is 1. The van der Waals surface area contributed by atoms with Gasteiger partial charge < -0.3 is 15.0 Å². The first-order valence-electron chi connectivity index (χ1n) is 11.3. The number of carbonyl (C=O) groups excluding carboxylic acids is 1. The van der Waals surface area contributed by atoms with E-state index in [1.165, 1.54) is 18.2 Å². The van der Waals surface area contributed by atoms with Crippen LogP contribution >= 0.6 is 0 Å². The lowest BCUT2D eigenvalue weighted by Gasteiger charge is -2.36. The van der Waals surface area contributed by atoms with Crippen LogP contribution in [0.1, 0.15) is 24.3 Å². The normalized spacial score (nSPS) is 21.2. The molecule has 1 amide bonds. The highest BCUT2D eigenvalue weighted by molar-refractivity contribution is 5.92. The molecule has 3 aromatic rings. The van der Waals surface area contributed by atoms with E-state index in [-0.39, 0.29) is 23.2 Å². The Morgan fingerprint density at radius 3 is 2.52 bits per heavy atom. The average Bonchev–Trinajstić information content (AvgIpc) is 3.13. The van der Waals surface area contributed by atoms with Gasteiger partial charge in [-0.05, 0) is 66.1 Å². The molecule has 2 aromatic carbocycles. The summed E-state index contributed by atoms with van der Waals surface area (Å²) in [5, 5.41) is 3.53. The second kappa shape index (κ2) is 9.19. The minimum Gasteiger partial charge on any atom is -0.379 e. The zero-order chi connectivity index (χ0) is 22.9. The van der Waals surface area contributed by atoms with Gasteiger partial charge in [0.25, 0.3) is 0 Å². The molecule has 33 heavy (non-hydrogen) atoms. The number of fused-ring (bicyclic) bond motifs is 1. The van der Waals surface area contributed by atoms with Crippen molar-refractivity contribution in [2.75, 3.05) is 39.4 Å².